The minimum atomic E-state index is 1.17. The van der Waals surface area contributed by atoms with Crippen molar-refractivity contribution >= 4 is 50.5 Å². The first kappa shape index (κ1) is 27.9. The summed E-state index contributed by atoms with van der Waals surface area (Å²) in [6, 6.07) is 37.6. The molecule has 0 N–H and O–H groups in total. The van der Waals surface area contributed by atoms with Crippen LogP contribution in [0.25, 0.3) is 61.7 Å². The van der Waals surface area contributed by atoms with Gasteiger partial charge in [0.05, 0.1) is 0 Å². The van der Waals surface area contributed by atoms with E-state index in [4.69, 9.17) is 0 Å². The van der Waals surface area contributed by atoms with Crippen LogP contribution in [0.4, 0.5) is 0 Å². The molecule has 0 heterocycles. The molecule has 0 aliphatic heterocycles. The van der Waals surface area contributed by atoms with Gasteiger partial charge in [0.2, 0.25) is 0 Å². The van der Waals surface area contributed by atoms with Crippen LogP contribution in [-0.4, -0.2) is 0 Å². The van der Waals surface area contributed by atoms with Crippen LogP contribution in [-0.2, 0) is 0 Å². The lowest BCUT2D eigenvalue weighted by molar-refractivity contribution is 1.31. The Morgan fingerprint density at radius 3 is 1.63 bits per heavy atom. The number of hydrogen-bond donors (Lipinski definition) is 0. The molecule has 0 aliphatic carbocycles. The summed E-state index contributed by atoms with van der Waals surface area (Å²) in [5.74, 6) is 0. The van der Waals surface area contributed by atoms with Gasteiger partial charge in [0, 0.05) is 0 Å². The van der Waals surface area contributed by atoms with E-state index >= 15 is 0 Å². The molecule has 6 rings (SSSR count). The van der Waals surface area contributed by atoms with Gasteiger partial charge in [0.15, 0.2) is 0 Å². The molecule has 43 heavy (non-hydrogen) atoms. The number of benzene rings is 6. The molecule has 0 amide bonds. The van der Waals surface area contributed by atoms with Gasteiger partial charge < -0.3 is 0 Å². The summed E-state index contributed by atoms with van der Waals surface area (Å²) in [5.41, 5.74) is 9.87. The predicted octanol–water partition coefficient (Wildman–Crippen LogP) is 12.3. The fraction of sp³-hybridized carbons (Fsp3) is 0.0698. The monoisotopic (exact) mass is 552 g/mol. The van der Waals surface area contributed by atoms with Crippen LogP contribution >= 0.6 is 0 Å². The van der Waals surface area contributed by atoms with E-state index in [1.54, 1.807) is 0 Å². The van der Waals surface area contributed by atoms with Crippen LogP contribution < -0.4 is 0 Å². The van der Waals surface area contributed by atoms with Crippen molar-refractivity contribution in [1.29, 1.82) is 0 Å². The highest BCUT2D eigenvalue weighted by Gasteiger charge is 2.09. The molecule has 0 atom stereocenters. The highest BCUT2D eigenvalue weighted by Crippen LogP contribution is 2.37. The molecular formula is C43H36. The molecule has 0 saturated heterocycles. The third-order valence-corrected chi connectivity index (χ3v) is 8.53. The number of fused-ring (bicyclic) bond motifs is 6. The minimum absolute atomic E-state index is 1.17. The van der Waals surface area contributed by atoms with Gasteiger partial charge in [-0.3, -0.25) is 0 Å². The maximum Gasteiger partial charge on any atom is -0.00928 e. The second-order valence-corrected chi connectivity index (χ2v) is 11.0. The first-order chi connectivity index (χ1) is 21.1. The van der Waals surface area contributed by atoms with E-state index in [-0.39, 0.29) is 0 Å². The summed E-state index contributed by atoms with van der Waals surface area (Å²) in [5, 5.41) is 7.82. The quantitative estimate of drug-likeness (QED) is 0.136. The van der Waals surface area contributed by atoms with Gasteiger partial charge in [0.25, 0.3) is 0 Å². The molecule has 0 unspecified atom stereocenters. The number of allylic oxidation sites excluding steroid dienone is 6. The number of hydrogen-bond acceptors (Lipinski definition) is 0. The van der Waals surface area contributed by atoms with E-state index in [1.165, 1.54) is 76.8 Å². The Morgan fingerprint density at radius 2 is 1.05 bits per heavy atom. The summed E-state index contributed by atoms with van der Waals surface area (Å²) < 4.78 is 0. The first-order valence-corrected chi connectivity index (χ1v) is 14.9. The van der Waals surface area contributed by atoms with E-state index in [2.05, 4.69) is 167 Å². The van der Waals surface area contributed by atoms with Crippen LogP contribution in [0.3, 0.4) is 0 Å². The normalized spacial score (nSPS) is 12.5. The third-order valence-electron chi connectivity index (χ3n) is 8.53. The fourth-order valence-corrected chi connectivity index (χ4v) is 5.90. The molecule has 0 nitrogen and oxygen atoms in total. The lowest BCUT2D eigenvalue weighted by Gasteiger charge is -2.12. The van der Waals surface area contributed by atoms with Crippen molar-refractivity contribution in [2.24, 2.45) is 0 Å². The summed E-state index contributed by atoms with van der Waals surface area (Å²) >= 11 is 0. The third kappa shape index (κ3) is 5.65. The summed E-state index contributed by atoms with van der Waals surface area (Å²) in [6.07, 6.45) is 16.8. The fourth-order valence-electron chi connectivity index (χ4n) is 5.90. The Balaban J connectivity index is 1.24. The van der Waals surface area contributed by atoms with Crippen molar-refractivity contribution in [1.82, 2.24) is 0 Å². The molecule has 208 valence electrons. The van der Waals surface area contributed by atoms with Crippen LogP contribution in [0.5, 0.6) is 0 Å². The Labute approximate surface area is 255 Å². The average molecular weight is 553 g/mol. The highest BCUT2D eigenvalue weighted by molar-refractivity contribution is 6.25. The Bertz CT molecular complexity index is 2060. The second kappa shape index (κ2) is 12.3. The molecule has 0 spiro atoms. The molecule has 6 aromatic carbocycles. The van der Waals surface area contributed by atoms with Crippen LogP contribution in [0.2, 0.25) is 0 Å². The molecule has 0 bridgehead atoms. The number of rotatable bonds is 7. The van der Waals surface area contributed by atoms with Crippen molar-refractivity contribution in [2.75, 3.05) is 0 Å². The maximum atomic E-state index is 3.78. The van der Waals surface area contributed by atoms with Crippen LogP contribution in [0.15, 0.2) is 146 Å². The zero-order valence-corrected chi connectivity index (χ0v) is 25.1. The Hall–Kier alpha value is -5.20. The molecule has 0 aromatic heterocycles. The van der Waals surface area contributed by atoms with E-state index in [0.717, 1.165) is 0 Å². The lowest BCUT2D eigenvalue weighted by Crippen LogP contribution is -1.90. The molecule has 0 radical (unpaired) electrons. The van der Waals surface area contributed by atoms with E-state index in [9.17, 15) is 0 Å². The predicted molar refractivity (Wildman–Crippen MR) is 191 cm³/mol. The van der Waals surface area contributed by atoms with E-state index < -0.39 is 0 Å². The van der Waals surface area contributed by atoms with Gasteiger partial charge in [-0.25, -0.2) is 0 Å². The zero-order valence-electron chi connectivity index (χ0n) is 25.1. The second-order valence-electron chi connectivity index (χ2n) is 11.0. The molecule has 0 aliphatic rings. The smallest absolute Gasteiger partial charge is 0.00928 e. The van der Waals surface area contributed by atoms with Gasteiger partial charge in [-0.1, -0.05) is 152 Å². The average Bonchev–Trinajstić information content (AvgIpc) is 3.06. The van der Waals surface area contributed by atoms with Crippen molar-refractivity contribution in [3.8, 4) is 11.1 Å². The molecule has 6 aromatic rings. The van der Waals surface area contributed by atoms with Gasteiger partial charge in [-0.15, -0.1) is 0 Å². The van der Waals surface area contributed by atoms with E-state index in [0.29, 0.717) is 0 Å². The van der Waals surface area contributed by atoms with Crippen molar-refractivity contribution in [3.05, 3.63) is 173 Å². The van der Waals surface area contributed by atoms with Gasteiger partial charge in [0.1, 0.15) is 0 Å². The largest absolute Gasteiger partial charge is 0.0991 e. The van der Waals surface area contributed by atoms with Crippen LogP contribution in [0, 0.1) is 13.8 Å². The summed E-state index contributed by atoms with van der Waals surface area (Å²) in [4.78, 5) is 0. The van der Waals surface area contributed by atoms with Crippen molar-refractivity contribution in [3.63, 3.8) is 0 Å². The standard InChI is InChI=1S/C43H36/c1-5-7-12-34-25-26-35(31(4)30(34)3)22-19-32(6-2)17-18-33-20-23-36(24-21-33)37-27-28-42-40-15-9-8-13-38(40)39-14-10-11-16-41(39)43(42)29-37/h5-29H,1H2,2-4H3/b12-7-,18-17+,22-19-,32-6-. The van der Waals surface area contributed by atoms with E-state index in [1.807, 2.05) is 12.2 Å². The van der Waals surface area contributed by atoms with Crippen molar-refractivity contribution < 1.29 is 0 Å². The van der Waals surface area contributed by atoms with Gasteiger partial charge in [-0.2, -0.15) is 0 Å². The topological polar surface area (TPSA) is 0 Å². The first-order valence-electron chi connectivity index (χ1n) is 14.9. The molecule has 0 heteroatoms. The Kier molecular flexibility index (Phi) is 8.03. The van der Waals surface area contributed by atoms with Gasteiger partial charge in [-0.05, 0) is 104 Å². The molecular weight excluding hydrogens is 516 g/mol. The zero-order chi connectivity index (χ0) is 29.8. The summed E-state index contributed by atoms with van der Waals surface area (Å²) in [6.45, 7) is 10.2. The SMILES string of the molecule is C=C/C=C\c1ccc(\C=C/C(=C\C)/C=C/c2ccc(-c3ccc4c5ccccc5c5ccccc5c4c3)cc2)c(C)c1C. The maximum absolute atomic E-state index is 3.78. The summed E-state index contributed by atoms with van der Waals surface area (Å²) in [7, 11) is 0. The lowest BCUT2D eigenvalue weighted by atomic mass is 9.92. The molecule has 0 fully saturated rings. The van der Waals surface area contributed by atoms with Gasteiger partial charge >= 0.3 is 0 Å². The Morgan fingerprint density at radius 1 is 0.535 bits per heavy atom. The van der Waals surface area contributed by atoms with Crippen molar-refractivity contribution in [2.45, 2.75) is 20.8 Å². The minimum Gasteiger partial charge on any atom is -0.0991 e. The van der Waals surface area contributed by atoms with Crippen LogP contribution in [0.1, 0.15) is 34.7 Å². The molecule has 0 saturated carbocycles. The highest BCUT2D eigenvalue weighted by atomic mass is 14.1.